The van der Waals surface area contributed by atoms with E-state index in [1.165, 1.54) is 6.92 Å². The summed E-state index contributed by atoms with van der Waals surface area (Å²) in [4.78, 5) is 36.5. The van der Waals surface area contributed by atoms with Gasteiger partial charge in [-0.1, -0.05) is 39.0 Å². The molecule has 2 aromatic rings. The van der Waals surface area contributed by atoms with Gasteiger partial charge in [0.25, 0.3) is 11.8 Å². The Balaban J connectivity index is 1.37. The van der Waals surface area contributed by atoms with Crippen LogP contribution in [0.25, 0.3) is 0 Å². The molecule has 33 heavy (non-hydrogen) atoms. The quantitative estimate of drug-likeness (QED) is 0.595. The smallest absolute Gasteiger partial charge is 0.308 e. The standard InChI is InChI=1S/C25H30N2O6/c1-16(23(29)27-14-17-5-10-20-21(13-17)32-15-31-20)33-22(28)11-12-26-24(30)18-6-8-19(9-7-18)25(2,3)4/h5-10,13,16H,11-12,14-15H2,1-4H3,(H,26,30)(H,27,29). The van der Waals surface area contributed by atoms with Gasteiger partial charge in [0.2, 0.25) is 6.79 Å². The minimum Gasteiger partial charge on any atom is -0.454 e. The van der Waals surface area contributed by atoms with Crippen LogP contribution in [-0.4, -0.2) is 37.2 Å². The lowest BCUT2D eigenvalue weighted by Gasteiger charge is -2.19. The van der Waals surface area contributed by atoms with Crippen LogP contribution in [0.1, 0.15) is 55.6 Å². The number of amides is 2. The molecule has 8 nitrogen and oxygen atoms in total. The van der Waals surface area contributed by atoms with Crippen molar-refractivity contribution in [3.63, 3.8) is 0 Å². The summed E-state index contributed by atoms with van der Waals surface area (Å²) in [6.07, 6.45) is -0.988. The molecular weight excluding hydrogens is 424 g/mol. The van der Waals surface area contributed by atoms with E-state index < -0.39 is 18.0 Å². The first-order valence-corrected chi connectivity index (χ1v) is 10.9. The van der Waals surface area contributed by atoms with Gasteiger partial charge in [-0.15, -0.1) is 0 Å². The summed E-state index contributed by atoms with van der Waals surface area (Å²) in [5.74, 6) is 0.0562. The molecule has 1 heterocycles. The van der Waals surface area contributed by atoms with E-state index in [0.29, 0.717) is 17.1 Å². The highest BCUT2D eigenvalue weighted by Gasteiger charge is 2.19. The predicted octanol–water partition coefficient (Wildman–Crippen LogP) is 3.08. The van der Waals surface area contributed by atoms with Gasteiger partial charge in [-0.3, -0.25) is 14.4 Å². The summed E-state index contributed by atoms with van der Waals surface area (Å²) < 4.78 is 15.7. The van der Waals surface area contributed by atoms with Gasteiger partial charge in [-0.25, -0.2) is 0 Å². The Labute approximate surface area is 193 Å². The van der Waals surface area contributed by atoms with Crippen molar-refractivity contribution in [2.75, 3.05) is 13.3 Å². The van der Waals surface area contributed by atoms with E-state index >= 15 is 0 Å². The van der Waals surface area contributed by atoms with Crippen molar-refractivity contribution < 1.29 is 28.6 Å². The molecule has 1 aliphatic heterocycles. The lowest BCUT2D eigenvalue weighted by atomic mass is 9.87. The maximum atomic E-state index is 12.3. The zero-order valence-electron chi connectivity index (χ0n) is 19.4. The minimum absolute atomic E-state index is 0.00618. The lowest BCUT2D eigenvalue weighted by molar-refractivity contribution is -0.154. The molecule has 2 amide bonds. The highest BCUT2D eigenvalue weighted by molar-refractivity contribution is 5.94. The van der Waals surface area contributed by atoms with Crippen molar-refractivity contribution in [3.05, 3.63) is 59.2 Å². The third-order valence-corrected chi connectivity index (χ3v) is 5.21. The number of carbonyl (C=O) groups excluding carboxylic acids is 3. The number of ether oxygens (including phenoxy) is 3. The normalized spacial score (nSPS) is 13.2. The SMILES string of the molecule is CC(OC(=O)CCNC(=O)c1ccc(C(C)(C)C)cc1)C(=O)NCc1ccc2c(c1)OCO2. The van der Waals surface area contributed by atoms with E-state index in [0.717, 1.165) is 11.1 Å². The van der Waals surface area contributed by atoms with Crippen LogP contribution in [0, 0.1) is 0 Å². The Hall–Kier alpha value is -3.55. The summed E-state index contributed by atoms with van der Waals surface area (Å²) in [6, 6.07) is 12.8. The Morgan fingerprint density at radius 1 is 1.00 bits per heavy atom. The van der Waals surface area contributed by atoms with Crippen LogP contribution in [0.4, 0.5) is 0 Å². The number of esters is 1. The van der Waals surface area contributed by atoms with Gasteiger partial charge in [0.05, 0.1) is 6.42 Å². The fraction of sp³-hybridized carbons (Fsp3) is 0.400. The van der Waals surface area contributed by atoms with Gasteiger partial charge in [0, 0.05) is 18.7 Å². The molecule has 0 aliphatic carbocycles. The van der Waals surface area contributed by atoms with Gasteiger partial charge in [-0.2, -0.15) is 0 Å². The summed E-state index contributed by atoms with van der Waals surface area (Å²) in [5.41, 5.74) is 2.50. The highest BCUT2D eigenvalue weighted by Crippen LogP contribution is 2.32. The molecule has 0 fully saturated rings. The third kappa shape index (κ3) is 6.71. The highest BCUT2D eigenvalue weighted by atomic mass is 16.7. The molecule has 2 N–H and O–H groups in total. The molecule has 2 aromatic carbocycles. The first-order valence-electron chi connectivity index (χ1n) is 10.9. The van der Waals surface area contributed by atoms with Crippen LogP contribution in [0.15, 0.2) is 42.5 Å². The lowest BCUT2D eigenvalue weighted by Crippen LogP contribution is -2.36. The van der Waals surface area contributed by atoms with Gasteiger partial charge in [-0.05, 0) is 47.7 Å². The summed E-state index contributed by atoms with van der Waals surface area (Å²) >= 11 is 0. The number of carbonyl (C=O) groups is 3. The van der Waals surface area contributed by atoms with Gasteiger partial charge in [0.15, 0.2) is 17.6 Å². The van der Waals surface area contributed by atoms with Crippen LogP contribution in [0.2, 0.25) is 0 Å². The van der Waals surface area contributed by atoms with E-state index in [1.807, 2.05) is 18.2 Å². The molecule has 1 unspecified atom stereocenters. The molecule has 176 valence electrons. The second-order valence-corrected chi connectivity index (χ2v) is 8.87. The topological polar surface area (TPSA) is 103 Å². The second kappa shape index (κ2) is 10.4. The molecule has 0 spiro atoms. The number of hydrogen-bond acceptors (Lipinski definition) is 6. The number of nitrogens with one attached hydrogen (secondary N) is 2. The monoisotopic (exact) mass is 454 g/mol. The van der Waals surface area contributed by atoms with Crippen LogP contribution in [0.5, 0.6) is 11.5 Å². The predicted molar refractivity (Wildman–Crippen MR) is 122 cm³/mol. The second-order valence-electron chi connectivity index (χ2n) is 8.87. The summed E-state index contributed by atoms with van der Waals surface area (Å²) in [7, 11) is 0. The van der Waals surface area contributed by atoms with Gasteiger partial charge in [0.1, 0.15) is 0 Å². The van der Waals surface area contributed by atoms with E-state index in [-0.39, 0.29) is 37.6 Å². The molecule has 8 heteroatoms. The fourth-order valence-electron chi connectivity index (χ4n) is 3.20. The number of hydrogen-bond donors (Lipinski definition) is 2. The van der Waals surface area contributed by atoms with Crippen molar-refractivity contribution in [2.45, 2.75) is 52.2 Å². The molecule has 0 radical (unpaired) electrons. The Morgan fingerprint density at radius 3 is 2.39 bits per heavy atom. The molecule has 3 rings (SSSR count). The average molecular weight is 455 g/mol. The molecule has 0 aromatic heterocycles. The zero-order chi connectivity index (χ0) is 24.0. The van der Waals surface area contributed by atoms with Crippen LogP contribution in [-0.2, 0) is 26.3 Å². The average Bonchev–Trinajstić information content (AvgIpc) is 3.24. The molecule has 1 atom stereocenters. The fourth-order valence-corrected chi connectivity index (χ4v) is 3.20. The maximum Gasteiger partial charge on any atom is 0.308 e. The van der Waals surface area contributed by atoms with E-state index in [1.54, 1.807) is 24.3 Å². The number of rotatable bonds is 8. The molecule has 0 saturated heterocycles. The van der Waals surface area contributed by atoms with Crippen molar-refractivity contribution >= 4 is 17.8 Å². The van der Waals surface area contributed by atoms with Crippen molar-refractivity contribution in [2.24, 2.45) is 0 Å². The number of fused-ring (bicyclic) bond motifs is 1. The van der Waals surface area contributed by atoms with Crippen molar-refractivity contribution in [1.82, 2.24) is 10.6 Å². The van der Waals surface area contributed by atoms with Gasteiger partial charge < -0.3 is 24.8 Å². The minimum atomic E-state index is -0.952. The summed E-state index contributed by atoms with van der Waals surface area (Å²) in [6.45, 7) is 8.38. The zero-order valence-corrected chi connectivity index (χ0v) is 19.4. The Kier molecular flexibility index (Phi) is 7.58. The molecule has 1 aliphatic rings. The van der Waals surface area contributed by atoms with Crippen molar-refractivity contribution in [3.8, 4) is 11.5 Å². The maximum absolute atomic E-state index is 12.3. The van der Waals surface area contributed by atoms with E-state index in [4.69, 9.17) is 14.2 Å². The largest absolute Gasteiger partial charge is 0.454 e. The van der Waals surface area contributed by atoms with Crippen LogP contribution < -0.4 is 20.1 Å². The third-order valence-electron chi connectivity index (χ3n) is 5.21. The van der Waals surface area contributed by atoms with E-state index in [9.17, 15) is 14.4 Å². The van der Waals surface area contributed by atoms with Gasteiger partial charge >= 0.3 is 5.97 Å². The summed E-state index contributed by atoms with van der Waals surface area (Å²) in [5, 5.41) is 5.42. The first kappa shape index (κ1) is 24.1. The molecular formula is C25H30N2O6. The van der Waals surface area contributed by atoms with Crippen LogP contribution >= 0.6 is 0 Å². The Bertz CT molecular complexity index is 1010. The van der Waals surface area contributed by atoms with Crippen molar-refractivity contribution in [1.29, 1.82) is 0 Å². The Morgan fingerprint density at radius 2 is 1.70 bits per heavy atom. The molecule has 0 saturated carbocycles. The van der Waals surface area contributed by atoms with Crippen LogP contribution in [0.3, 0.4) is 0 Å². The first-order chi connectivity index (χ1) is 15.6. The number of benzene rings is 2. The van der Waals surface area contributed by atoms with E-state index in [2.05, 4.69) is 31.4 Å². The molecule has 0 bridgehead atoms.